The van der Waals surface area contributed by atoms with Gasteiger partial charge in [-0.1, -0.05) is 24.6 Å². The summed E-state index contributed by atoms with van der Waals surface area (Å²) < 4.78 is 0. The molecule has 0 aliphatic heterocycles. The van der Waals surface area contributed by atoms with E-state index in [2.05, 4.69) is 18.7 Å². The fourth-order valence-electron chi connectivity index (χ4n) is 1.54. The van der Waals surface area contributed by atoms with Gasteiger partial charge in [-0.05, 0) is 38.1 Å². The Hall–Kier alpha value is -1.06. The smallest absolute Gasteiger partial charge is 0.335 e. The van der Waals surface area contributed by atoms with Gasteiger partial charge in [0.2, 0.25) is 0 Å². The van der Waals surface area contributed by atoms with Gasteiger partial charge in [0.1, 0.15) is 0 Å². The molecule has 0 saturated heterocycles. The molecular weight excluding hydrogens is 238 g/mol. The van der Waals surface area contributed by atoms with E-state index in [0.717, 1.165) is 18.5 Å². The Morgan fingerprint density at radius 1 is 1.53 bits per heavy atom. The molecule has 1 rings (SSSR count). The Morgan fingerprint density at radius 3 is 2.65 bits per heavy atom. The molecular formula is C13H18ClNO2. The molecule has 0 bridgehead atoms. The SMILES string of the molecule is CCC(C)N(C)Cc1ccc(C(=O)O)cc1Cl. The molecule has 0 amide bonds. The largest absolute Gasteiger partial charge is 0.478 e. The molecule has 3 nitrogen and oxygen atoms in total. The van der Waals surface area contributed by atoms with Gasteiger partial charge in [-0.15, -0.1) is 0 Å². The third-order valence-corrected chi connectivity index (χ3v) is 3.41. The van der Waals surface area contributed by atoms with Gasteiger partial charge in [-0.3, -0.25) is 4.90 Å². The lowest BCUT2D eigenvalue weighted by Gasteiger charge is -2.24. The van der Waals surface area contributed by atoms with Crippen molar-refractivity contribution in [3.8, 4) is 0 Å². The van der Waals surface area contributed by atoms with Crippen LogP contribution in [0.4, 0.5) is 0 Å². The quantitative estimate of drug-likeness (QED) is 0.878. The highest BCUT2D eigenvalue weighted by atomic mass is 35.5. The van der Waals surface area contributed by atoms with Gasteiger partial charge in [0.25, 0.3) is 0 Å². The summed E-state index contributed by atoms with van der Waals surface area (Å²) in [5.41, 5.74) is 1.18. The zero-order chi connectivity index (χ0) is 13.0. The molecule has 1 N–H and O–H groups in total. The van der Waals surface area contributed by atoms with E-state index in [1.165, 1.54) is 6.07 Å². The second kappa shape index (κ2) is 6.03. The molecule has 94 valence electrons. The third kappa shape index (κ3) is 3.72. The molecule has 0 radical (unpaired) electrons. The van der Waals surface area contributed by atoms with E-state index >= 15 is 0 Å². The molecule has 1 aromatic carbocycles. The van der Waals surface area contributed by atoms with Gasteiger partial charge in [0.05, 0.1) is 5.56 Å². The molecule has 17 heavy (non-hydrogen) atoms. The number of carbonyl (C=O) groups is 1. The molecule has 0 aliphatic rings. The van der Waals surface area contributed by atoms with Crippen LogP contribution in [0.3, 0.4) is 0 Å². The number of rotatable bonds is 5. The molecule has 1 aromatic rings. The first-order valence-electron chi connectivity index (χ1n) is 5.67. The Labute approximate surface area is 107 Å². The number of halogens is 1. The number of aromatic carboxylic acids is 1. The van der Waals surface area contributed by atoms with Gasteiger partial charge >= 0.3 is 5.97 Å². The fourth-order valence-corrected chi connectivity index (χ4v) is 1.79. The van der Waals surface area contributed by atoms with Crippen LogP contribution in [0, 0.1) is 0 Å². The van der Waals surface area contributed by atoms with Crippen molar-refractivity contribution < 1.29 is 9.90 Å². The van der Waals surface area contributed by atoms with Crippen LogP contribution in [-0.2, 0) is 6.54 Å². The van der Waals surface area contributed by atoms with E-state index < -0.39 is 5.97 Å². The third-order valence-electron chi connectivity index (χ3n) is 3.06. The topological polar surface area (TPSA) is 40.5 Å². The second-order valence-corrected chi connectivity index (χ2v) is 4.69. The molecule has 4 heteroatoms. The van der Waals surface area contributed by atoms with Crippen LogP contribution in [0.25, 0.3) is 0 Å². The predicted octanol–water partition coefficient (Wildman–Crippen LogP) is 3.27. The van der Waals surface area contributed by atoms with E-state index in [1.54, 1.807) is 12.1 Å². The standard InChI is InChI=1S/C13H18ClNO2/c1-4-9(2)15(3)8-11-6-5-10(13(16)17)7-12(11)14/h5-7,9H,4,8H2,1-3H3,(H,16,17). The molecule has 0 aliphatic carbocycles. The van der Waals surface area contributed by atoms with Gasteiger partial charge < -0.3 is 5.11 Å². The minimum atomic E-state index is -0.950. The van der Waals surface area contributed by atoms with E-state index in [-0.39, 0.29) is 5.56 Å². The van der Waals surface area contributed by atoms with Crippen molar-refractivity contribution in [3.63, 3.8) is 0 Å². The fraction of sp³-hybridized carbons (Fsp3) is 0.462. The number of benzene rings is 1. The van der Waals surface area contributed by atoms with Crippen molar-refractivity contribution in [1.82, 2.24) is 4.90 Å². The first kappa shape index (κ1) is 14.0. The lowest BCUT2D eigenvalue weighted by molar-refractivity contribution is 0.0697. The summed E-state index contributed by atoms with van der Waals surface area (Å²) in [6.45, 7) is 5.02. The molecule has 0 spiro atoms. The Morgan fingerprint density at radius 2 is 2.18 bits per heavy atom. The molecule has 0 aromatic heterocycles. The summed E-state index contributed by atoms with van der Waals surface area (Å²) in [6.07, 6.45) is 1.07. The predicted molar refractivity (Wildman–Crippen MR) is 69.6 cm³/mol. The van der Waals surface area contributed by atoms with Gasteiger partial charge in [-0.2, -0.15) is 0 Å². The molecule has 0 fully saturated rings. The van der Waals surface area contributed by atoms with E-state index in [1.807, 2.05) is 7.05 Å². The monoisotopic (exact) mass is 255 g/mol. The van der Waals surface area contributed by atoms with Crippen molar-refractivity contribution in [1.29, 1.82) is 0 Å². The van der Waals surface area contributed by atoms with Crippen molar-refractivity contribution >= 4 is 17.6 Å². The molecule has 0 saturated carbocycles. The van der Waals surface area contributed by atoms with Crippen LogP contribution in [0.5, 0.6) is 0 Å². The highest BCUT2D eigenvalue weighted by Crippen LogP contribution is 2.20. The van der Waals surface area contributed by atoms with Crippen LogP contribution in [-0.4, -0.2) is 29.1 Å². The zero-order valence-electron chi connectivity index (χ0n) is 10.4. The highest BCUT2D eigenvalue weighted by molar-refractivity contribution is 6.31. The van der Waals surface area contributed by atoms with Gasteiger partial charge in [-0.25, -0.2) is 4.79 Å². The van der Waals surface area contributed by atoms with E-state index in [4.69, 9.17) is 16.7 Å². The maximum absolute atomic E-state index is 10.8. The first-order valence-corrected chi connectivity index (χ1v) is 6.05. The molecule has 1 unspecified atom stereocenters. The number of hydrogen-bond acceptors (Lipinski definition) is 2. The average Bonchev–Trinajstić information content (AvgIpc) is 2.30. The van der Waals surface area contributed by atoms with Crippen LogP contribution in [0.1, 0.15) is 36.2 Å². The summed E-state index contributed by atoms with van der Waals surface area (Å²) in [6, 6.07) is 5.35. The first-order chi connectivity index (χ1) is 7.95. The van der Waals surface area contributed by atoms with Gasteiger partial charge in [0, 0.05) is 17.6 Å². The van der Waals surface area contributed by atoms with Gasteiger partial charge in [0.15, 0.2) is 0 Å². The van der Waals surface area contributed by atoms with Crippen molar-refractivity contribution in [2.75, 3.05) is 7.05 Å². The minimum Gasteiger partial charge on any atom is -0.478 e. The number of carboxylic acids is 1. The summed E-state index contributed by atoms with van der Waals surface area (Å²) >= 11 is 6.08. The average molecular weight is 256 g/mol. The van der Waals surface area contributed by atoms with Crippen molar-refractivity contribution in [2.45, 2.75) is 32.9 Å². The molecule has 1 atom stereocenters. The zero-order valence-corrected chi connectivity index (χ0v) is 11.2. The minimum absolute atomic E-state index is 0.227. The summed E-state index contributed by atoms with van der Waals surface area (Å²) in [4.78, 5) is 13.0. The summed E-state index contributed by atoms with van der Waals surface area (Å²) in [5.74, 6) is -0.950. The Bertz CT molecular complexity index is 406. The van der Waals surface area contributed by atoms with Crippen LogP contribution < -0.4 is 0 Å². The maximum Gasteiger partial charge on any atom is 0.335 e. The lowest BCUT2D eigenvalue weighted by atomic mass is 10.1. The Kier molecular flexibility index (Phi) is 4.97. The highest BCUT2D eigenvalue weighted by Gasteiger charge is 2.11. The molecule has 0 heterocycles. The number of carboxylic acid groups (broad SMARTS) is 1. The van der Waals surface area contributed by atoms with Crippen LogP contribution >= 0.6 is 11.6 Å². The number of hydrogen-bond donors (Lipinski definition) is 1. The maximum atomic E-state index is 10.8. The number of nitrogens with zero attached hydrogens (tertiary/aromatic N) is 1. The van der Waals surface area contributed by atoms with Crippen molar-refractivity contribution in [3.05, 3.63) is 34.3 Å². The summed E-state index contributed by atoms with van der Waals surface area (Å²) in [7, 11) is 2.04. The van der Waals surface area contributed by atoms with Crippen LogP contribution in [0.15, 0.2) is 18.2 Å². The lowest BCUT2D eigenvalue weighted by Crippen LogP contribution is -2.27. The normalized spacial score (nSPS) is 12.8. The van der Waals surface area contributed by atoms with E-state index in [9.17, 15) is 4.79 Å². The van der Waals surface area contributed by atoms with Crippen LogP contribution in [0.2, 0.25) is 5.02 Å². The van der Waals surface area contributed by atoms with E-state index in [0.29, 0.717) is 11.1 Å². The van der Waals surface area contributed by atoms with Crippen molar-refractivity contribution in [2.24, 2.45) is 0 Å². The summed E-state index contributed by atoms with van der Waals surface area (Å²) in [5, 5.41) is 9.35. The second-order valence-electron chi connectivity index (χ2n) is 4.28. The Balaban J connectivity index is 2.82.